The molecule has 0 spiro atoms. The molecule has 0 radical (unpaired) electrons. The fourth-order valence-electron chi connectivity index (χ4n) is 2.91. The molecule has 0 aliphatic heterocycles. The zero-order valence-corrected chi connectivity index (χ0v) is 12.5. The Balaban J connectivity index is 1.78. The predicted molar refractivity (Wildman–Crippen MR) is 73.9 cm³/mol. The Bertz CT molecular complexity index is 168. The summed E-state index contributed by atoms with van der Waals surface area (Å²) < 4.78 is 23.8. The monoisotopic (exact) mass is 262 g/mol. The molecule has 0 bridgehead atoms. The minimum absolute atomic E-state index is 0.108. The molecule has 0 aromatic rings. The maximum atomic E-state index is 11.9. The molecule has 1 aliphatic rings. The van der Waals surface area contributed by atoms with Gasteiger partial charge >= 0.3 is 0 Å². The predicted octanol–water partition coefficient (Wildman–Crippen LogP) is 4.93. The van der Waals surface area contributed by atoms with Gasteiger partial charge in [0.15, 0.2) is 0 Å². The normalized spacial score (nSPS) is 18.5. The Morgan fingerprint density at radius 2 is 1.53 bits per heavy atom. The maximum Gasteiger partial charge on any atom is 0.238 e. The van der Waals surface area contributed by atoms with Gasteiger partial charge in [0.05, 0.1) is 0 Å². The van der Waals surface area contributed by atoms with E-state index in [4.69, 9.17) is 0 Å². The highest BCUT2D eigenvalue weighted by Gasteiger charge is 2.12. The van der Waals surface area contributed by atoms with E-state index in [-0.39, 0.29) is 15.9 Å². The molecule has 3 heteroatoms. The Kier molecular flexibility index (Phi) is 8.94. The summed E-state index contributed by atoms with van der Waals surface area (Å²) in [6, 6.07) is 1.50. The van der Waals surface area contributed by atoms with Crippen molar-refractivity contribution in [3.63, 3.8) is 0 Å². The van der Waals surface area contributed by atoms with Crippen LogP contribution in [0.3, 0.4) is 0 Å². The highest BCUT2D eigenvalue weighted by Crippen LogP contribution is 2.28. The van der Waals surface area contributed by atoms with Crippen molar-refractivity contribution in [2.45, 2.75) is 88.6 Å². The van der Waals surface area contributed by atoms with Crippen LogP contribution >= 0.6 is 0 Å². The van der Waals surface area contributed by atoms with Crippen molar-refractivity contribution in [2.75, 3.05) is 0 Å². The largest absolute Gasteiger partial charge is 0.238 e. The standard InChI is InChI=1S/C14H28F2Si/c15-14(16)11-7-2-1-3-8-12-17-13-9-5-4-6-10-13/h13-14H,1-12,17H2. The topological polar surface area (TPSA) is 0 Å². The summed E-state index contributed by atoms with van der Waals surface area (Å²) in [5.41, 5.74) is 1.14. The summed E-state index contributed by atoms with van der Waals surface area (Å²) >= 11 is 0. The molecular formula is C14H28F2Si. The van der Waals surface area contributed by atoms with Gasteiger partial charge in [-0.3, -0.25) is 0 Å². The van der Waals surface area contributed by atoms with Crippen molar-refractivity contribution in [3.8, 4) is 0 Å². The minimum atomic E-state index is -2.09. The van der Waals surface area contributed by atoms with Gasteiger partial charge in [0, 0.05) is 15.9 Å². The van der Waals surface area contributed by atoms with Crippen LogP contribution in [0.5, 0.6) is 0 Å². The first kappa shape index (κ1) is 15.1. The van der Waals surface area contributed by atoms with Crippen LogP contribution in [0.15, 0.2) is 0 Å². The molecule has 1 rings (SSSR count). The molecule has 1 fully saturated rings. The van der Waals surface area contributed by atoms with Gasteiger partial charge < -0.3 is 0 Å². The third kappa shape index (κ3) is 8.75. The van der Waals surface area contributed by atoms with Crippen LogP contribution in [0.1, 0.15) is 70.6 Å². The van der Waals surface area contributed by atoms with Crippen LogP contribution in [0.25, 0.3) is 0 Å². The summed E-state index contributed by atoms with van der Waals surface area (Å²) in [6.07, 6.45) is 11.0. The summed E-state index contributed by atoms with van der Waals surface area (Å²) in [5, 5.41) is 0. The van der Waals surface area contributed by atoms with Gasteiger partial charge in [0.25, 0.3) is 0 Å². The zero-order valence-electron chi connectivity index (χ0n) is 11.1. The fourth-order valence-corrected chi connectivity index (χ4v) is 5.29. The first-order valence-corrected chi connectivity index (χ1v) is 9.39. The molecule has 0 amide bonds. The second-order valence-electron chi connectivity index (χ2n) is 5.59. The minimum Gasteiger partial charge on any atom is -0.211 e. The second-order valence-corrected chi connectivity index (χ2v) is 8.03. The van der Waals surface area contributed by atoms with Gasteiger partial charge in [0.2, 0.25) is 6.43 Å². The average Bonchev–Trinajstić information content (AvgIpc) is 2.33. The second kappa shape index (κ2) is 10.0. The van der Waals surface area contributed by atoms with Crippen molar-refractivity contribution in [1.82, 2.24) is 0 Å². The lowest BCUT2D eigenvalue weighted by molar-refractivity contribution is 0.133. The maximum absolute atomic E-state index is 11.9. The van der Waals surface area contributed by atoms with Crippen molar-refractivity contribution in [2.24, 2.45) is 0 Å². The summed E-state index contributed by atoms with van der Waals surface area (Å²) in [5.74, 6) is 0. The van der Waals surface area contributed by atoms with E-state index in [1.54, 1.807) is 0 Å². The van der Waals surface area contributed by atoms with Crippen LogP contribution < -0.4 is 0 Å². The third-order valence-electron chi connectivity index (χ3n) is 4.01. The van der Waals surface area contributed by atoms with E-state index in [1.807, 2.05) is 0 Å². The summed E-state index contributed by atoms with van der Waals surface area (Å²) in [4.78, 5) is 0. The Hall–Kier alpha value is 0.0769. The van der Waals surface area contributed by atoms with Gasteiger partial charge in [-0.1, -0.05) is 69.4 Å². The lowest BCUT2D eigenvalue weighted by atomic mass is 10.0. The quantitative estimate of drug-likeness (QED) is 0.408. The van der Waals surface area contributed by atoms with Crippen molar-refractivity contribution >= 4 is 9.52 Å². The number of hydrogen-bond donors (Lipinski definition) is 0. The first-order chi connectivity index (χ1) is 8.29. The molecule has 0 nitrogen and oxygen atoms in total. The van der Waals surface area contributed by atoms with Crippen LogP contribution in [-0.4, -0.2) is 15.9 Å². The molecule has 0 N–H and O–H groups in total. The van der Waals surface area contributed by atoms with E-state index >= 15 is 0 Å². The third-order valence-corrected chi connectivity index (χ3v) is 6.55. The van der Waals surface area contributed by atoms with E-state index in [0.717, 1.165) is 18.4 Å². The molecule has 102 valence electrons. The first-order valence-electron chi connectivity index (χ1n) is 7.57. The van der Waals surface area contributed by atoms with E-state index in [0.29, 0.717) is 0 Å². The molecule has 1 aliphatic carbocycles. The van der Waals surface area contributed by atoms with Crippen LogP contribution in [0.2, 0.25) is 11.6 Å². The zero-order chi connectivity index (χ0) is 12.3. The van der Waals surface area contributed by atoms with Gasteiger partial charge in [-0.2, -0.15) is 0 Å². The molecule has 0 saturated heterocycles. The van der Waals surface area contributed by atoms with E-state index in [1.165, 1.54) is 57.4 Å². The van der Waals surface area contributed by atoms with E-state index in [2.05, 4.69) is 0 Å². The van der Waals surface area contributed by atoms with Gasteiger partial charge in [-0.25, -0.2) is 8.78 Å². The van der Waals surface area contributed by atoms with Crippen LogP contribution in [0.4, 0.5) is 8.78 Å². The summed E-state index contributed by atoms with van der Waals surface area (Å²) in [7, 11) is 0.193. The van der Waals surface area contributed by atoms with Crippen molar-refractivity contribution < 1.29 is 8.78 Å². The Labute approximate surface area is 107 Å². The molecule has 0 aromatic carbocycles. The molecule has 0 atom stereocenters. The van der Waals surface area contributed by atoms with Gasteiger partial charge in [-0.05, 0) is 6.42 Å². The lowest BCUT2D eigenvalue weighted by Gasteiger charge is -2.20. The molecule has 0 aromatic heterocycles. The molecule has 0 heterocycles. The van der Waals surface area contributed by atoms with Gasteiger partial charge in [-0.15, -0.1) is 0 Å². The molecule has 1 saturated carbocycles. The smallest absolute Gasteiger partial charge is 0.211 e. The highest BCUT2D eigenvalue weighted by molar-refractivity contribution is 6.37. The number of rotatable bonds is 9. The number of halogens is 2. The molecule has 0 unspecified atom stereocenters. The van der Waals surface area contributed by atoms with Crippen LogP contribution in [-0.2, 0) is 0 Å². The number of hydrogen-bond acceptors (Lipinski definition) is 0. The Morgan fingerprint density at radius 1 is 0.882 bits per heavy atom. The molecular weight excluding hydrogens is 234 g/mol. The number of unbranched alkanes of at least 4 members (excludes halogenated alkanes) is 4. The highest BCUT2D eigenvalue weighted by atomic mass is 28.2. The van der Waals surface area contributed by atoms with E-state index < -0.39 is 6.43 Å². The van der Waals surface area contributed by atoms with Crippen molar-refractivity contribution in [3.05, 3.63) is 0 Å². The SMILES string of the molecule is FC(F)CCCCCCC[SiH2]C1CCCCC1. The summed E-state index contributed by atoms with van der Waals surface area (Å²) in [6.45, 7) is 0. The fraction of sp³-hybridized carbons (Fsp3) is 1.00. The average molecular weight is 262 g/mol. The van der Waals surface area contributed by atoms with Crippen molar-refractivity contribution in [1.29, 1.82) is 0 Å². The van der Waals surface area contributed by atoms with Crippen LogP contribution in [0, 0.1) is 0 Å². The van der Waals surface area contributed by atoms with Gasteiger partial charge in [0.1, 0.15) is 0 Å². The lowest BCUT2D eigenvalue weighted by Crippen LogP contribution is -2.07. The Morgan fingerprint density at radius 3 is 2.24 bits per heavy atom. The molecule has 17 heavy (non-hydrogen) atoms. The number of alkyl halides is 2. The van der Waals surface area contributed by atoms with E-state index in [9.17, 15) is 8.78 Å².